The maximum absolute atomic E-state index is 13.7. The highest BCUT2D eigenvalue weighted by Crippen LogP contribution is 2.29. The standard InChI is InChI=1S/C21H27FN4O2/c1-21(2,3)13-19(27)26-10-8-14(9-11-26)17-12-18(25-24-17)20(28)23-16-7-5-4-6-15(16)22/h4-7,12,14H,8-11,13H2,1-3H3,(H,23,28)(H,24,25). The Balaban J connectivity index is 1.57. The maximum atomic E-state index is 13.7. The van der Waals surface area contributed by atoms with Crippen LogP contribution in [0.25, 0.3) is 0 Å². The lowest BCUT2D eigenvalue weighted by atomic mass is 9.89. The molecule has 0 radical (unpaired) electrons. The first-order valence-corrected chi connectivity index (χ1v) is 9.62. The van der Waals surface area contributed by atoms with Gasteiger partial charge >= 0.3 is 0 Å². The zero-order valence-corrected chi connectivity index (χ0v) is 16.6. The number of hydrogen-bond donors (Lipinski definition) is 2. The number of likely N-dealkylation sites (tertiary alicyclic amines) is 1. The van der Waals surface area contributed by atoms with Crippen LogP contribution in [0.3, 0.4) is 0 Å². The van der Waals surface area contributed by atoms with Gasteiger partial charge in [-0.3, -0.25) is 14.7 Å². The Morgan fingerprint density at radius 2 is 1.93 bits per heavy atom. The Labute approximate surface area is 164 Å². The predicted octanol–water partition coefficient (Wildman–Crippen LogP) is 3.94. The smallest absolute Gasteiger partial charge is 0.276 e. The zero-order valence-electron chi connectivity index (χ0n) is 16.6. The van der Waals surface area contributed by atoms with Crippen molar-refractivity contribution in [3.05, 3.63) is 47.5 Å². The second-order valence-corrected chi connectivity index (χ2v) is 8.53. The molecule has 3 rings (SSSR count). The van der Waals surface area contributed by atoms with Crippen LogP contribution >= 0.6 is 0 Å². The first-order valence-electron chi connectivity index (χ1n) is 9.62. The maximum Gasteiger partial charge on any atom is 0.276 e. The lowest BCUT2D eigenvalue weighted by molar-refractivity contribution is -0.134. The first kappa shape index (κ1) is 20.0. The van der Waals surface area contributed by atoms with E-state index < -0.39 is 11.7 Å². The van der Waals surface area contributed by atoms with E-state index in [9.17, 15) is 14.0 Å². The van der Waals surface area contributed by atoms with E-state index in [-0.39, 0.29) is 28.6 Å². The summed E-state index contributed by atoms with van der Waals surface area (Å²) >= 11 is 0. The summed E-state index contributed by atoms with van der Waals surface area (Å²) in [5.74, 6) is -0.522. The normalized spacial score (nSPS) is 15.5. The molecular weight excluding hydrogens is 359 g/mol. The van der Waals surface area contributed by atoms with Gasteiger partial charge in [0, 0.05) is 31.1 Å². The lowest BCUT2D eigenvalue weighted by Crippen LogP contribution is -2.39. The number of piperidine rings is 1. The molecule has 1 aliphatic heterocycles. The molecule has 150 valence electrons. The van der Waals surface area contributed by atoms with Gasteiger partial charge in [0.1, 0.15) is 5.82 Å². The van der Waals surface area contributed by atoms with Gasteiger partial charge in [0.15, 0.2) is 5.69 Å². The van der Waals surface area contributed by atoms with Gasteiger partial charge in [-0.2, -0.15) is 5.10 Å². The zero-order chi connectivity index (χ0) is 20.3. The molecule has 0 saturated carbocycles. The highest BCUT2D eigenvalue weighted by Gasteiger charge is 2.27. The summed E-state index contributed by atoms with van der Waals surface area (Å²) in [5, 5.41) is 9.55. The molecule has 0 aliphatic carbocycles. The minimum Gasteiger partial charge on any atom is -0.343 e. The molecule has 28 heavy (non-hydrogen) atoms. The molecule has 2 heterocycles. The van der Waals surface area contributed by atoms with Crippen molar-refractivity contribution in [3.63, 3.8) is 0 Å². The van der Waals surface area contributed by atoms with Crippen molar-refractivity contribution in [1.29, 1.82) is 0 Å². The quantitative estimate of drug-likeness (QED) is 0.835. The van der Waals surface area contributed by atoms with Crippen molar-refractivity contribution in [3.8, 4) is 0 Å². The molecule has 0 bridgehead atoms. The Hall–Kier alpha value is -2.70. The average molecular weight is 386 g/mol. The van der Waals surface area contributed by atoms with E-state index in [1.807, 2.05) is 4.90 Å². The van der Waals surface area contributed by atoms with Gasteiger partial charge in [0.2, 0.25) is 5.91 Å². The Morgan fingerprint density at radius 1 is 1.25 bits per heavy atom. The van der Waals surface area contributed by atoms with Crippen LogP contribution in [-0.2, 0) is 4.79 Å². The lowest BCUT2D eigenvalue weighted by Gasteiger charge is -2.33. The highest BCUT2D eigenvalue weighted by atomic mass is 19.1. The topological polar surface area (TPSA) is 78.1 Å². The molecule has 0 atom stereocenters. The summed E-state index contributed by atoms with van der Waals surface area (Å²) in [6, 6.07) is 7.73. The van der Waals surface area contributed by atoms with Gasteiger partial charge in [-0.25, -0.2) is 4.39 Å². The number of aromatic nitrogens is 2. The molecule has 1 saturated heterocycles. The molecule has 7 heteroatoms. The van der Waals surface area contributed by atoms with Crippen LogP contribution < -0.4 is 5.32 Å². The number of H-pyrrole nitrogens is 1. The number of carbonyl (C=O) groups excluding carboxylic acids is 2. The third-order valence-electron chi connectivity index (χ3n) is 4.92. The number of carbonyl (C=O) groups is 2. The Bertz CT molecular complexity index is 848. The van der Waals surface area contributed by atoms with E-state index in [2.05, 4.69) is 36.3 Å². The van der Waals surface area contributed by atoms with Gasteiger partial charge < -0.3 is 10.2 Å². The number of amides is 2. The van der Waals surface area contributed by atoms with Gasteiger partial charge in [0.25, 0.3) is 5.91 Å². The summed E-state index contributed by atoms with van der Waals surface area (Å²) in [6.45, 7) is 7.60. The highest BCUT2D eigenvalue weighted by molar-refractivity contribution is 6.02. The summed E-state index contributed by atoms with van der Waals surface area (Å²) in [5.41, 5.74) is 1.21. The Kier molecular flexibility index (Phi) is 5.82. The number of hydrogen-bond acceptors (Lipinski definition) is 3. The van der Waals surface area contributed by atoms with Crippen LogP contribution in [0.5, 0.6) is 0 Å². The predicted molar refractivity (Wildman–Crippen MR) is 106 cm³/mol. The van der Waals surface area contributed by atoms with Crippen LogP contribution in [0.1, 0.15) is 62.1 Å². The Morgan fingerprint density at radius 3 is 2.57 bits per heavy atom. The number of aromatic amines is 1. The number of halogens is 1. The fraction of sp³-hybridized carbons (Fsp3) is 0.476. The molecule has 1 aromatic carbocycles. The largest absolute Gasteiger partial charge is 0.343 e. The van der Waals surface area contributed by atoms with Crippen LogP contribution in [0, 0.1) is 11.2 Å². The molecule has 1 aliphatic rings. The molecule has 1 aromatic heterocycles. The van der Waals surface area contributed by atoms with E-state index in [0.29, 0.717) is 19.5 Å². The van der Waals surface area contributed by atoms with Gasteiger partial charge in [0.05, 0.1) is 5.69 Å². The second-order valence-electron chi connectivity index (χ2n) is 8.53. The van der Waals surface area contributed by atoms with E-state index in [0.717, 1.165) is 18.5 Å². The summed E-state index contributed by atoms with van der Waals surface area (Å²) in [7, 11) is 0. The van der Waals surface area contributed by atoms with Gasteiger partial charge in [-0.1, -0.05) is 32.9 Å². The third-order valence-corrected chi connectivity index (χ3v) is 4.92. The van der Waals surface area contributed by atoms with Crippen LogP contribution in [0.4, 0.5) is 10.1 Å². The minimum absolute atomic E-state index is 0.0161. The molecule has 2 N–H and O–H groups in total. The SMILES string of the molecule is CC(C)(C)CC(=O)N1CCC(c2cc(C(=O)Nc3ccccc3F)n[nH]2)CC1. The number of benzene rings is 1. The summed E-state index contributed by atoms with van der Waals surface area (Å²) in [4.78, 5) is 26.6. The van der Waals surface area contributed by atoms with Crippen molar-refractivity contribution < 1.29 is 14.0 Å². The summed E-state index contributed by atoms with van der Waals surface area (Å²) < 4.78 is 13.7. The van der Waals surface area contributed by atoms with Crippen molar-refractivity contribution in [2.45, 2.75) is 46.0 Å². The molecule has 2 amide bonds. The summed E-state index contributed by atoms with van der Waals surface area (Å²) in [6.07, 6.45) is 2.20. The number of para-hydroxylation sites is 1. The molecule has 0 unspecified atom stereocenters. The third kappa shape index (κ3) is 4.97. The fourth-order valence-electron chi connectivity index (χ4n) is 3.42. The van der Waals surface area contributed by atoms with Gasteiger partial charge in [-0.15, -0.1) is 0 Å². The van der Waals surface area contributed by atoms with Crippen LogP contribution in [0.2, 0.25) is 0 Å². The molecule has 0 spiro atoms. The molecule has 6 nitrogen and oxygen atoms in total. The van der Waals surface area contributed by atoms with Gasteiger partial charge in [-0.05, 0) is 36.5 Å². The number of rotatable bonds is 4. The molecular formula is C21H27FN4O2. The van der Waals surface area contributed by atoms with E-state index in [1.165, 1.54) is 12.1 Å². The molecule has 2 aromatic rings. The fourth-order valence-corrected chi connectivity index (χ4v) is 3.42. The molecule has 1 fully saturated rings. The van der Waals surface area contributed by atoms with E-state index >= 15 is 0 Å². The number of nitrogens with zero attached hydrogens (tertiary/aromatic N) is 2. The number of anilines is 1. The van der Waals surface area contributed by atoms with E-state index in [4.69, 9.17) is 0 Å². The number of nitrogens with one attached hydrogen (secondary N) is 2. The van der Waals surface area contributed by atoms with Crippen molar-refractivity contribution >= 4 is 17.5 Å². The van der Waals surface area contributed by atoms with Crippen molar-refractivity contribution in [1.82, 2.24) is 15.1 Å². The second kappa shape index (κ2) is 8.12. The first-order chi connectivity index (χ1) is 13.2. The van der Waals surface area contributed by atoms with Crippen LogP contribution in [0.15, 0.2) is 30.3 Å². The van der Waals surface area contributed by atoms with E-state index in [1.54, 1.807) is 18.2 Å². The van der Waals surface area contributed by atoms with Crippen LogP contribution in [-0.4, -0.2) is 40.0 Å². The van der Waals surface area contributed by atoms with Crippen molar-refractivity contribution in [2.24, 2.45) is 5.41 Å². The average Bonchev–Trinajstić information content (AvgIpc) is 3.12. The monoisotopic (exact) mass is 386 g/mol. The minimum atomic E-state index is -0.487. The van der Waals surface area contributed by atoms with Crippen molar-refractivity contribution in [2.75, 3.05) is 18.4 Å².